The van der Waals surface area contributed by atoms with Crippen molar-refractivity contribution in [1.29, 1.82) is 0 Å². The van der Waals surface area contributed by atoms with Crippen LogP contribution in [0.3, 0.4) is 0 Å². The minimum Gasteiger partial charge on any atom is -0.466 e. The fourth-order valence-corrected chi connectivity index (χ4v) is 3.82. The van der Waals surface area contributed by atoms with E-state index < -0.39 is 0 Å². The number of methoxy groups -OCH3 is 1. The molecule has 0 saturated heterocycles. The first-order valence-corrected chi connectivity index (χ1v) is 7.63. The van der Waals surface area contributed by atoms with Gasteiger partial charge in [0.05, 0.1) is 7.11 Å². The first-order chi connectivity index (χ1) is 9.69. The lowest BCUT2D eigenvalue weighted by molar-refractivity contribution is -0.136. The number of hydrogen-bond acceptors (Lipinski definition) is 2. The molecule has 2 aliphatic carbocycles. The van der Waals surface area contributed by atoms with Gasteiger partial charge in [-0.25, -0.2) is 4.79 Å². The van der Waals surface area contributed by atoms with Crippen LogP contribution in [0.25, 0.3) is 5.57 Å². The average molecular weight is 291 g/mol. The van der Waals surface area contributed by atoms with Crippen LogP contribution in [-0.2, 0) is 9.53 Å². The molecule has 1 aromatic carbocycles. The molecule has 20 heavy (non-hydrogen) atoms. The summed E-state index contributed by atoms with van der Waals surface area (Å²) in [6.07, 6.45) is 5.69. The van der Waals surface area contributed by atoms with Crippen LogP contribution < -0.4 is 0 Å². The number of benzene rings is 1. The van der Waals surface area contributed by atoms with E-state index in [9.17, 15) is 4.79 Å². The van der Waals surface area contributed by atoms with Crippen molar-refractivity contribution in [3.8, 4) is 0 Å². The minimum atomic E-state index is -0.166. The van der Waals surface area contributed by atoms with Gasteiger partial charge in [0.15, 0.2) is 0 Å². The number of rotatable bonds is 2. The molecule has 0 aliphatic heterocycles. The summed E-state index contributed by atoms with van der Waals surface area (Å²) in [7, 11) is 1.47. The molecule has 1 saturated carbocycles. The standard InChI is InChI=1S/C17H19ClO2/c1-20-17(19)16-10-13-4-2-3-12(13)9-15(16)11-5-7-14(18)8-6-11/h5-8,12-13H,2-4,9-10H2,1H3. The summed E-state index contributed by atoms with van der Waals surface area (Å²) in [5.74, 6) is 1.23. The Balaban J connectivity index is 2.01. The van der Waals surface area contributed by atoms with Gasteiger partial charge in [-0.2, -0.15) is 0 Å². The number of ether oxygens (including phenoxy) is 1. The summed E-state index contributed by atoms with van der Waals surface area (Å²) in [5.41, 5.74) is 3.15. The molecular formula is C17H19ClO2. The van der Waals surface area contributed by atoms with Crippen LogP contribution in [-0.4, -0.2) is 13.1 Å². The molecule has 106 valence electrons. The zero-order valence-corrected chi connectivity index (χ0v) is 12.5. The predicted molar refractivity (Wildman–Crippen MR) is 80.5 cm³/mol. The zero-order chi connectivity index (χ0) is 14.1. The lowest BCUT2D eigenvalue weighted by atomic mass is 9.76. The van der Waals surface area contributed by atoms with E-state index in [1.807, 2.05) is 24.3 Å². The Morgan fingerprint density at radius 3 is 2.45 bits per heavy atom. The second kappa shape index (κ2) is 5.61. The third kappa shape index (κ3) is 2.49. The normalized spacial score (nSPS) is 25.5. The summed E-state index contributed by atoms with van der Waals surface area (Å²) in [6.45, 7) is 0. The van der Waals surface area contributed by atoms with Crippen LogP contribution >= 0.6 is 11.6 Å². The van der Waals surface area contributed by atoms with Crippen molar-refractivity contribution < 1.29 is 9.53 Å². The molecule has 2 aliphatic rings. The van der Waals surface area contributed by atoms with Gasteiger partial charge < -0.3 is 4.74 Å². The van der Waals surface area contributed by atoms with E-state index in [1.54, 1.807) is 0 Å². The smallest absolute Gasteiger partial charge is 0.334 e. The molecule has 2 nitrogen and oxygen atoms in total. The molecule has 1 aromatic rings. The van der Waals surface area contributed by atoms with Gasteiger partial charge in [-0.05, 0) is 60.8 Å². The van der Waals surface area contributed by atoms with Gasteiger partial charge in [0, 0.05) is 10.6 Å². The molecule has 2 unspecified atom stereocenters. The molecule has 0 N–H and O–H groups in total. The van der Waals surface area contributed by atoms with Crippen LogP contribution in [0.5, 0.6) is 0 Å². The molecule has 2 atom stereocenters. The molecule has 3 heteroatoms. The lowest BCUT2D eigenvalue weighted by Gasteiger charge is -2.29. The topological polar surface area (TPSA) is 26.3 Å². The zero-order valence-electron chi connectivity index (χ0n) is 11.7. The van der Waals surface area contributed by atoms with E-state index in [2.05, 4.69) is 0 Å². The van der Waals surface area contributed by atoms with Gasteiger partial charge >= 0.3 is 5.97 Å². The third-order valence-electron chi connectivity index (χ3n) is 4.74. The lowest BCUT2D eigenvalue weighted by Crippen LogP contribution is -2.21. The highest BCUT2D eigenvalue weighted by Gasteiger charge is 2.36. The first-order valence-electron chi connectivity index (χ1n) is 7.25. The van der Waals surface area contributed by atoms with Crippen molar-refractivity contribution >= 4 is 23.1 Å². The highest BCUT2D eigenvalue weighted by Crippen LogP contribution is 2.47. The number of hydrogen-bond donors (Lipinski definition) is 0. The van der Waals surface area contributed by atoms with Crippen LogP contribution in [0.4, 0.5) is 0 Å². The fourth-order valence-electron chi connectivity index (χ4n) is 3.69. The fraction of sp³-hybridized carbons (Fsp3) is 0.471. The Kier molecular flexibility index (Phi) is 3.84. The summed E-state index contributed by atoms with van der Waals surface area (Å²) < 4.78 is 4.99. The second-order valence-electron chi connectivity index (χ2n) is 5.81. The van der Waals surface area contributed by atoms with Crippen LogP contribution in [0, 0.1) is 11.8 Å². The summed E-state index contributed by atoms with van der Waals surface area (Å²) in [5, 5.41) is 0.725. The highest BCUT2D eigenvalue weighted by molar-refractivity contribution is 6.30. The molecule has 0 bridgehead atoms. The van der Waals surface area contributed by atoms with Crippen molar-refractivity contribution in [2.45, 2.75) is 32.1 Å². The Morgan fingerprint density at radius 2 is 1.80 bits per heavy atom. The van der Waals surface area contributed by atoms with Gasteiger partial charge in [0.2, 0.25) is 0 Å². The maximum absolute atomic E-state index is 12.1. The Bertz CT molecular complexity index is 545. The van der Waals surface area contributed by atoms with Gasteiger partial charge in [-0.15, -0.1) is 0 Å². The Hall–Kier alpha value is -1.28. The number of fused-ring (bicyclic) bond motifs is 1. The summed E-state index contributed by atoms with van der Waals surface area (Å²) in [6, 6.07) is 7.80. The molecule has 3 rings (SSSR count). The molecule has 1 fully saturated rings. The predicted octanol–water partition coefficient (Wildman–Crippen LogP) is 4.48. The van der Waals surface area contributed by atoms with Crippen LogP contribution in [0.15, 0.2) is 29.8 Å². The van der Waals surface area contributed by atoms with E-state index in [1.165, 1.54) is 26.4 Å². The Labute approximate surface area is 124 Å². The molecular weight excluding hydrogens is 272 g/mol. The molecule has 0 spiro atoms. The average Bonchev–Trinajstić information content (AvgIpc) is 2.93. The maximum atomic E-state index is 12.1. The van der Waals surface area contributed by atoms with E-state index in [-0.39, 0.29) is 5.97 Å². The van der Waals surface area contributed by atoms with Crippen molar-refractivity contribution in [3.63, 3.8) is 0 Å². The minimum absolute atomic E-state index is 0.166. The van der Waals surface area contributed by atoms with Crippen molar-refractivity contribution in [2.75, 3.05) is 7.11 Å². The van der Waals surface area contributed by atoms with Gasteiger partial charge in [0.25, 0.3) is 0 Å². The highest BCUT2D eigenvalue weighted by atomic mass is 35.5. The van der Waals surface area contributed by atoms with Crippen LogP contribution in [0.2, 0.25) is 5.02 Å². The third-order valence-corrected chi connectivity index (χ3v) is 4.99. The van der Waals surface area contributed by atoms with Crippen molar-refractivity contribution in [2.24, 2.45) is 11.8 Å². The SMILES string of the molecule is COC(=O)C1=C(c2ccc(Cl)cc2)CC2CCCC2C1. The molecule has 0 radical (unpaired) electrons. The number of carbonyl (C=O) groups is 1. The Morgan fingerprint density at radius 1 is 1.15 bits per heavy atom. The number of esters is 1. The second-order valence-corrected chi connectivity index (χ2v) is 6.25. The van der Waals surface area contributed by atoms with Crippen molar-refractivity contribution in [1.82, 2.24) is 0 Å². The van der Waals surface area contributed by atoms with Crippen LogP contribution in [0.1, 0.15) is 37.7 Å². The summed E-state index contributed by atoms with van der Waals surface area (Å²) >= 11 is 5.96. The monoisotopic (exact) mass is 290 g/mol. The largest absolute Gasteiger partial charge is 0.466 e. The van der Waals surface area contributed by atoms with E-state index in [0.717, 1.165) is 40.5 Å². The van der Waals surface area contributed by atoms with Gasteiger partial charge in [-0.3, -0.25) is 0 Å². The quantitative estimate of drug-likeness (QED) is 0.751. The molecule has 0 heterocycles. The van der Waals surface area contributed by atoms with Crippen molar-refractivity contribution in [3.05, 3.63) is 40.4 Å². The number of allylic oxidation sites excluding steroid dienone is 1. The summed E-state index contributed by atoms with van der Waals surface area (Å²) in [4.78, 5) is 12.1. The maximum Gasteiger partial charge on any atom is 0.334 e. The van der Waals surface area contributed by atoms with E-state index in [4.69, 9.17) is 16.3 Å². The van der Waals surface area contributed by atoms with Gasteiger partial charge in [-0.1, -0.05) is 30.2 Å². The van der Waals surface area contributed by atoms with Gasteiger partial charge in [0.1, 0.15) is 0 Å². The number of halogens is 1. The molecule has 0 amide bonds. The first kappa shape index (κ1) is 13.7. The van der Waals surface area contributed by atoms with E-state index in [0.29, 0.717) is 5.92 Å². The number of carbonyl (C=O) groups excluding carboxylic acids is 1. The molecule has 0 aromatic heterocycles. The van der Waals surface area contributed by atoms with E-state index >= 15 is 0 Å².